The Kier molecular flexibility index (Phi) is 10.4. The molecule has 0 saturated carbocycles. The van der Waals surface area contributed by atoms with E-state index in [0.717, 1.165) is 38.4 Å². The Morgan fingerprint density at radius 2 is 1.80 bits per heavy atom. The van der Waals surface area contributed by atoms with E-state index >= 15 is 0 Å². The third-order valence-electron chi connectivity index (χ3n) is 5.13. The summed E-state index contributed by atoms with van der Waals surface area (Å²) in [5, 5.41) is 6.20. The highest BCUT2D eigenvalue weighted by molar-refractivity contribution is 14.0. The fourth-order valence-electron chi connectivity index (χ4n) is 3.56. The second kappa shape index (κ2) is 12.7. The Hall–Kier alpha value is -1.88. The maximum absolute atomic E-state index is 12.5. The van der Waals surface area contributed by atoms with Crippen LogP contribution < -0.4 is 10.6 Å². The van der Waals surface area contributed by atoms with E-state index in [1.807, 2.05) is 30.0 Å². The second-order valence-electron chi connectivity index (χ2n) is 7.17. The molecule has 166 valence electrons. The van der Waals surface area contributed by atoms with Gasteiger partial charge in [-0.15, -0.1) is 24.0 Å². The molecular formula is C21H32IN5O3. The van der Waals surface area contributed by atoms with Crippen molar-refractivity contribution in [3.8, 4) is 0 Å². The van der Waals surface area contributed by atoms with Crippen LogP contribution in [0.3, 0.4) is 0 Å². The van der Waals surface area contributed by atoms with E-state index in [1.165, 1.54) is 0 Å². The van der Waals surface area contributed by atoms with Gasteiger partial charge in [0.15, 0.2) is 5.96 Å². The number of benzene rings is 1. The van der Waals surface area contributed by atoms with Crippen molar-refractivity contribution in [1.82, 2.24) is 20.4 Å². The molecule has 0 bridgehead atoms. The SMILES string of the molecule is CCNC(=NCCNC(=O)c1ccccc1)N1CCN(C(=O)C2CCCO2)CC1.I. The number of nitrogens with one attached hydrogen (secondary N) is 2. The van der Waals surface area contributed by atoms with Crippen LogP contribution in [0.25, 0.3) is 0 Å². The number of ether oxygens (including phenoxy) is 1. The van der Waals surface area contributed by atoms with Gasteiger partial charge < -0.3 is 25.2 Å². The van der Waals surface area contributed by atoms with Crippen molar-refractivity contribution in [2.45, 2.75) is 25.9 Å². The van der Waals surface area contributed by atoms with Gasteiger partial charge in [0.25, 0.3) is 11.8 Å². The molecule has 0 aliphatic carbocycles. The van der Waals surface area contributed by atoms with Gasteiger partial charge >= 0.3 is 0 Å². The van der Waals surface area contributed by atoms with Gasteiger partial charge in [0, 0.05) is 51.4 Å². The molecule has 0 radical (unpaired) electrons. The number of nitrogens with zero attached hydrogens (tertiary/aromatic N) is 3. The van der Waals surface area contributed by atoms with E-state index in [9.17, 15) is 9.59 Å². The van der Waals surface area contributed by atoms with E-state index in [0.29, 0.717) is 38.3 Å². The van der Waals surface area contributed by atoms with Crippen LogP contribution in [0, 0.1) is 0 Å². The molecular weight excluding hydrogens is 497 g/mol. The Balaban J connectivity index is 0.00000320. The van der Waals surface area contributed by atoms with E-state index in [1.54, 1.807) is 12.1 Å². The first-order valence-electron chi connectivity index (χ1n) is 10.5. The average molecular weight is 529 g/mol. The standard InChI is InChI=1S/C21H31N5O3.HI/c1-2-22-21(24-11-10-23-19(27)17-7-4-3-5-8-17)26-14-12-25(13-15-26)20(28)18-9-6-16-29-18;/h3-5,7-8,18H,2,6,9-16H2,1H3,(H,22,24)(H,23,27);1H. The molecule has 1 aromatic rings. The number of aliphatic imine (C=N–C) groups is 1. The zero-order valence-corrected chi connectivity index (χ0v) is 19.8. The van der Waals surface area contributed by atoms with Crippen molar-refractivity contribution in [2.24, 2.45) is 4.99 Å². The number of amides is 2. The summed E-state index contributed by atoms with van der Waals surface area (Å²) >= 11 is 0. The summed E-state index contributed by atoms with van der Waals surface area (Å²) in [6.45, 7) is 7.28. The Bertz CT molecular complexity index is 702. The van der Waals surface area contributed by atoms with Crippen LogP contribution in [0.2, 0.25) is 0 Å². The molecule has 9 heteroatoms. The minimum Gasteiger partial charge on any atom is -0.368 e. The molecule has 8 nitrogen and oxygen atoms in total. The number of hydrogen-bond acceptors (Lipinski definition) is 4. The molecule has 2 fully saturated rings. The Labute approximate surface area is 195 Å². The fourth-order valence-corrected chi connectivity index (χ4v) is 3.56. The molecule has 30 heavy (non-hydrogen) atoms. The quantitative estimate of drug-likeness (QED) is 0.252. The minimum atomic E-state index is -0.253. The molecule has 1 aromatic carbocycles. The van der Waals surface area contributed by atoms with Crippen LogP contribution in [-0.4, -0.2) is 86.1 Å². The van der Waals surface area contributed by atoms with E-state index in [-0.39, 0.29) is 41.9 Å². The lowest BCUT2D eigenvalue weighted by Gasteiger charge is -2.37. The highest BCUT2D eigenvalue weighted by Gasteiger charge is 2.30. The predicted molar refractivity (Wildman–Crippen MR) is 127 cm³/mol. The van der Waals surface area contributed by atoms with E-state index in [2.05, 4.69) is 20.5 Å². The summed E-state index contributed by atoms with van der Waals surface area (Å²) in [5.41, 5.74) is 0.649. The molecule has 2 heterocycles. The van der Waals surface area contributed by atoms with Crippen molar-refractivity contribution in [3.63, 3.8) is 0 Å². The number of rotatable bonds is 6. The van der Waals surface area contributed by atoms with Crippen molar-refractivity contribution < 1.29 is 14.3 Å². The van der Waals surface area contributed by atoms with Gasteiger partial charge in [-0.2, -0.15) is 0 Å². The first-order valence-corrected chi connectivity index (χ1v) is 10.5. The van der Waals surface area contributed by atoms with Crippen molar-refractivity contribution >= 4 is 41.8 Å². The first-order chi connectivity index (χ1) is 14.2. The minimum absolute atomic E-state index is 0. The van der Waals surface area contributed by atoms with Crippen LogP contribution in [-0.2, 0) is 9.53 Å². The van der Waals surface area contributed by atoms with E-state index in [4.69, 9.17) is 4.74 Å². The first kappa shape index (κ1) is 24.4. The van der Waals surface area contributed by atoms with E-state index < -0.39 is 0 Å². The zero-order chi connectivity index (χ0) is 20.5. The number of halogens is 1. The number of carbonyl (C=O) groups excluding carboxylic acids is 2. The van der Waals surface area contributed by atoms with Gasteiger partial charge in [0.1, 0.15) is 6.10 Å². The highest BCUT2D eigenvalue weighted by atomic mass is 127. The Morgan fingerprint density at radius 3 is 2.43 bits per heavy atom. The molecule has 0 aromatic heterocycles. The van der Waals surface area contributed by atoms with Crippen molar-refractivity contribution in [1.29, 1.82) is 0 Å². The van der Waals surface area contributed by atoms with Gasteiger partial charge in [-0.1, -0.05) is 18.2 Å². The molecule has 0 spiro atoms. The largest absolute Gasteiger partial charge is 0.368 e. The third kappa shape index (κ3) is 6.83. The number of carbonyl (C=O) groups is 2. The summed E-state index contributed by atoms with van der Waals surface area (Å²) in [4.78, 5) is 33.3. The van der Waals surface area contributed by atoms with Gasteiger partial charge in [-0.05, 0) is 31.9 Å². The molecule has 2 amide bonds. The molecule has 1 unspecified atom stereocenters. The van der Waals surface area contributed by atoms with Gasteiger partial charge in [0.2, 0.25) is 0 Å². The van der Waals surface area contributed by atoms with Crippen LogP contribution in [0.4, 0.5) is 0 Å². The summed E-state index contributed by atoms with van der Waals surface area (Å²) in [6.07, 6.45) is 1.54. The second-order valence-corrected chi connectivity index (χ2v) is 7.17. The number of hydrogen-bond donors (Lipinski definition) is 2. The van der Waals surface area contributed by atoms with Gasteiger partial charge in [-0.25, -0.2) is 0 Å². The summed E-state index contributed by atoms with van der Waals surface area (Å²) in [5.74, 6) is 0.852. The number of piperazine rings is 1. The van der Waals surface area contributed by atoms with Crippen LogP contribution >= 0.6 is 24.0 Å². The maximum atomic E-state index is 12.5. The normalized spacial score (nSPS) is 19.2. The molecule has 2 aliphatic rings. The summed E-state index contributed by atoms with van der Waals surface area (Å²) in [6, 6.07) is 9.16. The lowest BCUT2D eigenvalue weighted by molar-refractivity contribution is -0.142. The van der Waals surface area contributed by atoms with Crippen molar-refractivity contribution in [3.05, 3.63) is 35.9 Å². The molecule has 2 N–H and O–H groups in total. The monoisotopic (exact) mass is 529 g/mol. The van der Waals surface area contributed by atoms with Crippen LogP contribution in [0.1, 0.15) is 30.1 Å². The fraction of sp³-hybridized carbons (Fsp3) is 0.571. The molecule has 2 aliphatic heterocycles. The molecule has 1 atom stereocenters. The average Bonchev–Trinajstić information content (AvgIpc) is 3.31. The lowest BCUT2D eigenvalue weighted by atomic mass is 10.2. The predicted octanol–water partition coefficient (Wildman–Crippen LogP) is 1.32. The number of guanidine groups is 1. The van der Waals surface area contributed by atoms with Crippen LogP contribution in [0.5, 0.6) is 0 Å². The maximum Gasteiger partial charge on any atom is 0.251 e. The lowest BCUT2D eigenvalue weighted by Crippen LogP contribution is -2.55. The zero-order valence-electron chi connectivity index (χ0n) is 17.5. The topological polar surface area (TPSA) is 86.3 Å². The highest BCUT2D eigenvalue weighted by Crippen LogP contribution is 2.16. The Morgan fingerprint density at radius 1 is 1.10 bits per heavy atom. The van der Waals surface area contributed by atoms with Crippen molar-refractivity contribution in [2.75, 3.05) is 52.4 Å². The smallest absolute Gasteiger partial charge is 0.251 e. The molecule has 3 rings (SSSR count). The summed E-state index contributed by atoms with van der Waals surface area (Å²) in [7, 11) is 0. The third-order valence-corrected chi connectivity index (χ3v) is 5.13. The van der Waals surface area contributed by atoms with Gasteiger partial charge in [-0.3, -0.25) is 14.6 Å². The summed E-state index contributed by atoms with van der Waals surface area (Å²) < 4.78 is 5.52. The molecule has 2 saturated heterocycles. The van der Waals surface area contributed by atoms with Crippen LogP contribution in [0.15, 0.2) is 35.3 Å². The van der Waals surface area contributed by atoms with Gasteiger partial charge in [0.05, 0.1) is 6.54 Å².